The highest BCUT2D eigenvalue weighted by Crippen LogP contribution is 2.27. The lowest BCUT2D eigenvalue weighted by Crippen LogP contribution is -2.03. The molecule has 0 aliphatic heterocycles. The minimum atomic E-state index is 0.621. The van der Waals surface area contributed by atoms with Gasteiger partial charge in [-0.3, -0.25) is 0 Å². The zero-order chi connectivity index (χ0) is 17.1. The lowest BCUT2D eigenvalue weighted by molar-refractivity contribution is 1.44. The van der Waals surface area contributed by atoms with E-state index in [9.17, 15) is 0 Å². The van der Waals surface area contributed by atoms with Crippen molar-refractivity contribution in [3.8, 4) is 0 Å². The molecule has 1 nitrogen and oxygen atoms in total. The van der Waals surface area contributed by atoms with Gasteiger partial charge >= 0.3 is 0 Å². The van der Waals surface area contributed by atoms with Crippen molar-refractivity contribution in [2.75, 3.05) is 5.32 Å². The molecule has 0 spiro atoms. The summed E-state index contributed by atoms with van der Waals surface area (Å²) in [5, 5.41) is 4.60. The van der Waals surface area contributed by atoms with Crippen LogP contribution in [-0.2, 0) is 0 Å². The first-order chi connectivity index (χ1) is 11.5. The molecule has 0 aliphatic rings. The Morgan fingerprint density at radius 3 is 2.29 bits per heavy atom. The molecular formula is C20H15Cl2NS. The molecule has 0 unspecified atom stereocenters. The first kappa shape index (κ1) is 17.0. The SMILES string of the molecule is Cc1ccccc1C(=S)c1ccc(Nc2cccc(Cl)c2)cc1Cl. The van der Waals surface area contributed by atoms with E-state index in [1.54, 1.807) is 0 Å². The predicted octanol–water partition coefficient (Wildman–Crippen LogP) is 6.81. The Kier molecular flexibility index (Phi) is 5.20. The van der Waals surface area contributed by atoms with Gasteiger partial charge in [-0.25, -0.2) is 0 Å². The molecule has 24 heavy (non-hydrogen) atoms. The second-order valence-corrected chi connectivity index (χ2v) is 6.73. The van der Waals surface area contributed by atoms with Gasteiger partial charge in [-0.15, -0.1) is 0 Å². The van der Waals surface area contributed by atoms with Crippen LogP contribution in [0.4, 0.5) is 11.4 Å². The van der Waals surface area contributed by atoms with Crippen LogP contribution in [0.5, 0.6) is 0 Å². The topological polar surface area (TPSA) is 12.0 Å². The number of hydrogen-bond donors (Lipinski definition) is 1. The third-order valence-corrected chi connectivity index (χ3v) is 4.70. The molecule has 3 aromatic rings. The third-order valence-electron chi connectivity index (χ3n) is 3.72. The minimum Gasteiger partial charge on any atom is -0.355 e. The fraction of sp³-hybridized carbons (Fsp3) is 0.0500. The van der Waals surface area contributed by atoms with E-state index in [1.165, 1.54) is 0 Å². The van der Waals surface area contributed by atoms with Crippen LogP contribution < -0.4 is 5.32 Å². The number of rotatable bonds is 4. The second kappa shape index (κ2) is 7.35. The van der Waals surface area contributed by atoms with Gasteiger partial charge in [0.25, 0.3) is 0 Å². The summed E-state index contributed by atoms with van der Waals surface area (Å²) in [6.07, 6.45) is 0. The summed E-state index contributed by atoms with van der Waals surface area (Å²) >= 11 is 18.1. The van der Waals surface area contributed by atoms with Crippen molar-refractivity contribution >= 4 is 51.7 Å². The fourth-order valence-electron chi connectivity index (χ4n) is 2.48. The number of benzene rings is 3. The quantitative estimate of drug-likeness (QED) is 0.399. The van der Waals surface area contributed by atoms with Gasteiger partial charge in [-0.1, -0.05) is 65.8 Å². The van der Waals surface area contributed by atoms with Crippen LogP contribution in [0, 0.1) is 6.92 Å². The van der Waals surface area contributed by atoms with Crippen LogP contribution in [0.1, 0.15) is 16.7 Å². The van der Waals surface area contributed by atoms with E-state index in [-0.39, 0.29) is 0 Å². The summed E-state index contributed by atoms with van der Waals surface area (Å²) in [6, 6.07) is 21.4. The molecule has 4 heteroatoms. The average molecular weight is 372 g/mol. The summed E-state index contributed by atoms with van der Waals surface area (Å²) in [5.41, 5.74) is 4.83. The zero-order valence-corrected chi connectivity index (χ0v) is 15.3. The average Bonchev–Trinajstić information content (AvgIpc) is 2.55. The van der Waals surface area contributed by atoms with Crippen molar-refractivity contribution < 1.29 is 0 Å². The van der Waals surface area contributed by atoms with Crippen LogP contribution in [-0.4, -0.2) is 4.86 Å². The molecule has 3 aromatic carbocycles. The van der Waals surface area contributed by atoms with Gasteiger partial charge in [0.15, 0.2) is 0 Å². The van der Waals surface area contributed by atoms with Crippen molar-refractivity contribution in [1.82, 2.24) is 0 Å². The largest absolute Gasteiger partial charge is 0.355 e. The summed E-state index contributed by atoms with van der Waals surface area (Å²) in [5.74, 6) is 0. The van der Waals surface area contributed by atoms with E-state index in [1.807, 2.05) is 73.7 Å². The Morgan fingerprint density at radius 2 is 1.58 bits per heavy atom. The number of nitrogens with one attached hydrogen (secondary N) is 1. The Balaban J connectivity index is 1.87. The summed E-state index contributed by atoms with van der Waals surface area (Å²) in [4.78, 5) is 0.757. The third kappa shape index (κ3) is 3.78. The van der Waals surface area contributed by atoms with Crippen LogP contribution >= 0.6 is 35.4 Å². The molecule has 0 aliphatic carbocycles. The molecule has 0 aromatic heterocycles. The molecule has 0 heterocycles. The van der Waals surface area contributed by atoms with E-state index in [0.29, 0.717) is 10.0 Å². The van der Waals surface area contributed by atoms with Crippen molar-refractivity contribution in [3.63, 3.8) is 0 Å². The number of anilines is 2. The van der Waals surface area contributed by atoms with E-state index in [0.717, 1.165) is 32.9 Å². The molecule has 120 valence electrons. The van der Waals surface area contributed by atoms with Crippen molar-refractivity contribution in [1.29, 1.82) is 0 Å². The van der Waals surface area contributed by atoms with Crippen LogP contribution in [0.15, 0.2) is 66.7 Å². The monoisotopic (exact) mass is 371 g/mol. The number of halogens is 2. The Hall–Kier alpha value is -1.87. The Morgan fingerprint density at radius 1 is 0.833 bits per heavy atom. The highest BCUT2D eigenvalue weighted by molar-refractivity contribution is 7.81. The van der Waals surface area contributed by atoms with E-state index >= 15 is 0 Å². The van der Waals surface area contributed by atoms with E-state index in [2.05, 4.69) is 5.32 Å². The summed E-state index contributed by atoms with van der Waals surface area (Å²) in [7, 11) is 0. The Labute approximate surface area is 157 Å². The molecular weight excluding hydrogens is 357 g/mol. The van der Waals surface area contributed by atoms with Crippen molar-refractivity contribution in [2.24, 2.45) is 0 Å². The summed E-state index contributed by atoms with van der Waals surface area (Å²) < 4.78 is 0. The lowest BCUT2D eigenvalue weighted by Gasteiger charge is -2.12. The molecule has 0 amide bonds. The maximum atomic E-state index is 6.47. The van der Waals surface area contributed by atoms with Crippen LogP contribution in [0.3, 0.4) is 0 Å². The first-order valence-electron chi connectivity index (χ1n) is 7.47. The molecule has 0 radical (unpaired) electrons. The van der Waals surface area contributed by atoms with Crippen molar-refractivity contribution in [3.05, 3.63) is 93.5 Å². The highest BCUT2D eigenvalue weighted by atomic mass is 35.5. The molecule has 0 saturated heterocycles. The number of thiocarbonyl (C=S) groups is 1. The molecule has 0 saturated carbocycles. The standard InChI is InChI=1S/C20H15Cl2NS/c1-13-5-2-3-8-17(13)20(24)18-10-9-16(12-19(18)22)23-15-7-4-6-14(21)11-15/h2-12,23H,1H3. The smallest absolute Gasteiger partial charge is 0.0539 e. The summed E-state index contributed by atoms with van der Waals surface area (Å²) in [6.45, 7) is 2.05. The minimum absolute atomic E-state index is 0.621. The van der Waals surface area contributed by atoms with Gasteiger partial charge in [0, 0.05) is 22.0 Å². The number of hydrogen-bond acceptors (Lipinski definition) is 2. The molecule has 3 rings (SSSR count). The molecule has 0 bridgehead atoms. The van der Waals surface area contributed by atoms with Gasteiger partial charge in [-0.2, -0.15) is 0 Å². The van der Waals surface area contributed by atoms with Gasteiger partial charge in [0.1, 0.15) is 0 Å². The maximum absolute atomic E-state index is 6.47. The maximum Gasteiger partial charge on any atom is 0.0539 e. The van der Waals surface area contributed by atoms with Gasteiger partial charge in [0.05, 0.1) is 9.89 Å². The normalized spacial score (nSPS) is 10.5. The van der Waals surface area contributed by atoms with Crippen LogP contribution in [0.25, 0.3) is 0 Å². The lowest BCUT2D eigenvalue weighted by atomic mass is 10.00. The van der Waals surface area contributed by atoms with Gasteiger partial charge in [-0.05, 0) is 54.4 Å². The molecule has 0 fully saturated rings. The molecule has 1 N–H and O–H groups in total. The highest BCUT2D eigenvalue weighted by Gasteiger charge is 2.11. The van der Waals surface area contributed by atoms with E-state index < -0.39 is 0 Å². The van der Waals surface area contributed by atoms with Gasteiger partial charge < -0.3 is 5.32 Å². The predicted molar refractivity (Wildman–Crippen MR) is 108 cm³/mol. The van der Waals surface area contributed by atoms with Gasteiger partial charge in [0.2, 0.25) is 0 Å². The van der Waals surface area contributed by atoms with Crippen molar-refractivity contribution in [2.45, 2.75) is 6.92 Å². The molecule has 0 atom stereocenters. The van der Waals surface area contributed by atoms with Crippen LogP contribution in [0.2, 0.25) is 10.0 Å². The van der Waals surface area contributed by atoms with E-state index in [4.69, 9.17) is 35.4 Å². The second-order valence-electron chi connectivity index (χ2n) is 5.47. The fourth-order valence-corrected chi connectivity index (χ4v) is 3.41. The Bertz CT molecular complexity index is 906. The first-order valence-corrected chi connectivity index (χ1v) is 8.63. The zero-order valence-electron chi connectivity index (χ0n) is 13.0. The number of aryl methyl sites for hydroxylation is 1.